The summed E-state index contributed by atoms with van der Waals surface area (Å²) < 4.78 is 6.96. The Morgan fingerprint density at radius 3 is 3.00 bits per heavy atom. The van der Waals surface area contributed by atoms with Gasteiger partial charge in [-0.05, 0) is 18.6 Å². The van der Waals surface area contributed by atoms with Crippen molar-refractivity contribution in [3.05, 3.63) is 24.5 Å². The molecular weight excluding hydrogens is 288 g/mol. The van der Waals surface area contributed by atoms with Crippen LogP contribution in [0, 0.1) is 0 Å². The van der Waals surface area contributed by atoms with Crippen molar-refractivity contribution in [1.29, 1.82) is 0 Å². The summed E-state index contributed by atoms with van der Waals surface area (Å²) in [6.45, 7) is 2.54. The third-order valence-electron chi connectivity index (χ3n) is 2.83. The van der Waals surface area contributed by atoms with Crippen LogP contribution in [0.25, 0.3) is 11.4 Å². The first-order valence-corrected chi connectivity index (χ1v) is 7.79. The van der Waals surface area contributed by atoms with Gasteiger partial charge < -0.3 is 9.30 Å². The Balaban J connectivity index is 1.93. The lowest BCUT2D eigenvalue weighted by Gasteiger charge is -2.04. The van der Waals surface area contributed by atoms with Crippen LogP contribution in [-0.4, -0.2) is 38.1 Å². The second kappa shape index (κ2) is 7.78. The predicted octanol–water partition coefficient (Wildman–Crippen LogP) is 2.31. The Bertz CT molecular complexity index is 586. The molecule has 0 amide bonds. The molecule has 112 valence electrons. The molecule has 2 heterocycles. The minimum Gasteiger partial charge on any atom is -0.465 e. The number of esters is 1. The molecule has 0 saturated carbocycles. The van der Waals surface area contributed by atoms with E-state index in [0.717, 1.165) is 24.2 Å². The number of nitrogens with zero attached hydrogens (tertiary/aromatic N) is 4. The van der Waals surface area contributed by atoms with E-state index >= 15 is 0 Å². The summed E-state index contributed by atoms with van der Waals surface area (Å²) in [6, 6.07) is 3.77. The van der Waals surface area contributed by atoms with Crippen LogP contribution in [0.4, 0.5) is 0 Å². The number of carbonyl (C=O) groups excluding carboxylic acids is 1. The monoisotopic (exact) mass is 306 g/mol. The fraction of sp³-hybridized carbons (Fsp3) is 0.429. The molecule has 0 unspecified atom stereocenters. The van der Waals surface area contributed by atoms with E-state index in [4.69, 9.17) is 4.74 Å². The summed E-state index contributed by atoms with van der Waals surface area (Å²) in [6.07, 6.45) is 5.35. The molecule has 21 heavy (non-hydrogen) atoms. The molecule has 0 aliphatic rings. The van der Waals surface area contributed by atoms with E-state index in [9.17, 15) is 4.79 Å². The summed E-state index contributed by atoms with van der Waals surface area (Å²) in [4.78, 5) is 15.6. The van der Waals surface area contributed by atoms with E-state index in [1.807, 2.05) is 23.7 Å². The average Bonchev–Trinajstić information content (AvgIpc) is 2.87. The Labute approximate surface area is 127 Å². The zero-order valence-corrected chi connectivity index (χ0v) is 13.0. The molecule has 0 bridgehead atoms. The van der Waals surface area contributed by atoms with E-state index in [1.54, 1.807) is 12.4 Å². The Morgan fingerprint density at radius 2 is 2.29 bits per heavy atom. The van der Waals surface area contributed by atoms with Gasteiger partial charge in [-0.3, -0.25) is 9.78 Å². The van der Waals surface area contributed by atoms with Gasteiger partial charge >= 0.3 is 5.97 Å². The number of pyridine rings is 1. The normalized spacial score (nSPS) is 10.6. The van der Waals surface area contributed by atoms with Crippen LogP contribution in [0.1, 0.15) is 19.8 Å². The van der Waals surface area contributed by atoms with E-state index < -0.39 is 0 Å². The number of rotatable bonds is 7. The highest BCUT2D eigenvalue weighted by atomic mass is 32.2. The SMILES string of the molecule is CCCCOC(=O)CSc1nnc(-c2cccnc2)n1C. The first-order valence-electron chi connectivity index (χ1n) is 6.80. The Kier molecular flexibility index (Phi) is 5.74. The minimum atomic E-state index is -0.223. The molecular formula is C14H18N4O2S. The van der Waals surface area contributed by atoms with Crippen molar-refractivity contribution in [2.24, 2.45) is 7.05 Å². The van der Waals surface area contributed by atoms with Crippen molar-refractivity contribution < 1.29 is 9.53 Å². The number of ether oxygens (including phenoxy) is 1. The van der Waals surface area contributed by atoms with Crippen molar-refractivity contribution in [2.45, 2.75) is 24.9 Å². The van der Waals surface area contributed by atoms with Crippen molar-refractivity contribution in [3.63, 3.8) is 0 Å². The average molecular weight is 306 g/mol. The van der Waals surface area contributed by atoms with Gasteiger partial charge in [0, 0.05) is 25.0 Å². The van der Waals surface area contributed by atoms with Crippen molar-refractivity contribution in [3.8, 4) is 11.4 Å². The van der Waals surface area contributed by atoms with E-state index in [-0.39, 0.29) is 11.7 Å². The first-order chi connectivity index (χ1) is 10.2. The molecule has 0 atom stereocenters. The van der Waals surface area contributed by atoms with Gasteiger partial charge in [-0.2, -0.15) is 0 Å². The minimum absolute atomic E-state index is 0.223. The molecule has 0 aromatic carbocycles. The summed E-state index contributed by atoms with van der Waals surface area (Å²) >= 11 is 1.32. The molecule has 0 radical (unpaired) electrons. The van der Waals surface area contributed by atoms with Gasteiger partial charge in [0.05, 0.1) is 12.4 Å². The quantitative estimate of drug-likeness (QED) is 0.444. The van der Waals surface area contributed by atoms with Crippen LogP contribution in [0.3, 0.4) is 0 Å². The van der Waals surface area contributed by atoms with Gasteiger partial charge in [0.25, 0.3) is 0 Å². The highest BCUT2D eigenvalue weighted by Gasteiger charge is 2.13. The Morgan fingerprint density at radius 1 is 1.43 bits per heavy atom. The van der Waals surface area contributed by atoms with Crippen molar-refractivity contribution in [1.82, 2.24) is 19.7 Å². The standard InChI is InChI=1S/C14H18N4O2S/c1-3-4-8-20-12(19)10-21-14-17-16-13(18(14)2)11-6-5-7-15-9-11/h5-7,9H,3-4,8,10H2,1-2H3. The number of carbonyl (C=O) groups is 1. The van der Waals surface area contributed by atoms with E-state index in [1.165, 1.54) is 11.8 Å². The lowest BCUT2D eigenvalue weighted by molar-refractivity contribution is -0.140. The molecule has 0 fully saturated rings. The van der Waals surface area contributed by atoms with Crippen LogP contribution in [0.2, 0.25) is 0 Å². The van der Waals surface area contributed by atoms with Gasteiger partial charge in [0.15, 0.2) is 11.0 Å². The molecule has 2 rings (SSSR count). The molecule has 2 aromatic rings. The summed E-state index contributed by atoms with van der Waals surface area (Å²) in [5, 5.41) is 8.92. The molecule has 0 aliphatic carbocycles. The van der Waals surface area contributed by atoms with Crippen LogP contribution in [0.5, 0.6) is 0 Å². The number of unbranched alkanes of at least 4 members (excludes halogenated alkanes) is 1. The number of aromatic nitrogens is 4. The zero-order chi connectivity index (χ0) is 15.1. The van der Waals surface area contributed by atoms with Crippen LogP contribution >= 0.6 is 11.8 Å². The largest absolute Gasteiger partial charge is 0.465 e. The molecule has 7 heteroatoms. The molecule has 0 spiro atoms. The maximum atomic E-state index is 11.6. The number of thioether (sulfide) groups is 1. The van der Waals surface area contributed by atoms with Gasteiger partial charge in [0.1, 0.15) is 0 Å². The van der Waals surface area contributed by atoms with E-state index in [2.05, 4.69) is 22.1 Å². The summed E-state index contributed by atoms with van der Waals surface area (Å²) in [5.41, 5.74) is 0.893. The first kappa shape index (κ1) is 15.5. The van der Waals surface area contributed by atoms with Crippen LogP contribution < -0.4 is 0 Å². The fourth-order valence-corrected chi connectivity index (χ4v) is 2.39. The topological polar surface area (TPSA) is 69.9 Å². The third-order valence-corrected chi connectivity index (χ3v) is 3.83. The summed E-state index contributed by atoms with van der Waals surface area (Å²) in [7, 11) is 1.87. The fourth-order valence-electron chi connectivity index (χ4n) is 1.68. The lowest BCUT2D eigenvalue weighted by atomic mass is 10.3. The second-order valence-corrected chi connectivity index (χ2v) is 5.41. The molecule has 0 N–H and O–H groups in total. The highest BCUT2D eigenvalue weighted by Crippen LogP contribution is 2.21. The summed E-state index contributed by atoms with van der Waals surface area (Å²) in [5.74, 6) is 0.743. The van der Waals surface area contributed by atoms with Gasteiger partial charge in [-0.15, -0.1) is 10.2 Å². The van der Waals surface area contributed by atoms with Crippen molar-refractivity contribution >= 4 is 17.7 Å². The van der Waals surface area contributed by atoms with Gasteiger partial charge in [-0.1, -0.05) is 25.1 Å². The zero-order valence-electron chi connectivity index (χ0n) is 12.2. The van der Waals surface area contributed by atoms with Gasteiger partial charge in [-0.25, -0.2) is 0 Å². The van der Waals surface area contributed by atoms with Crippen LogP contribution in [0.15, 0.2) is 29.7 Å². The smallest absolute Gasteiger partial charge is 0.316 e. The maximum Gasteiger partial charge on any atom is 0.316 e. The molecule has 6 nitrogen and oxygen atoms in total. The highest BCUT2D eigenvalue weighted by molar-refractivity contribution is 7.99. The molecule has 2 aromatic heterocycles. The van der Waals surface area contributed by atoms with Gasteiger partial charge in [0.2, 0.25) is 0 Å². The number of hydrogen-bond donors (Lipinski definition) is 0. The van der Waals surface area contributed by atoms with E-state index in [0.29, 0.717) is 11.8 Å². The predicted molar refractivity (Wildman–Crippen MR) is 80.8 cm³/mol. The maximum absolute atomic E-state index is 11.6. The number of hydrogen-bond acceptors (Lipinski definition) is 6. The lowest BCUT2D eigenvalue weighted by Crippen LogP contribution is -2.09. The molecule has 0 saturated heterocycles. The Hall–Kier alpha value is -1.89. The van der Waals surface area contributed by atoms with Crippen molar-refractivity contribution in [2.75, 3.05) is 12.4 Å². The molecule has 0 aliphatic heterocycles. The third kappa shape index (κ3) is 4.29. The second-order valence-electron chi connectivity index (χ2n) is 4.47. The van der Waals surface area contributed by atoms with Crippen LogP contribution in [-0.2, 0) is 16.6 Å².